The Morgan fingerprint density at radius 3 is 1.71 bits per heavy atom. The predicted molar refractivity (Wildman–Crippen MR) is 16.2 cm³/mol. The van der Waals surface area contributed by atoms with Crippen LogP contribution in [-0.2, 0) is 0 Å². The summed E-state index contributed by atoms with van der Waals surface area (Å²) in [5, 5.41) is 7.35. The van der Waals surface area contributed by atoms with Crippen LogP contribution in [0, 0.1) is 0 Å². The van der Waals surface area contributed by atoms with E-state index in [1.165, 1.54) is 0 Å². The van der Waals surface area contributed by atoms with Crippen LogP contribution in [0.2, 0.25) is 0 Å². The van der Waals surface area contributed by atoms with E-state index in [2.05, 4.69) is 5.73 Å². The molecule has 0 amide bonds. The summed E-state index contributed by atoms with van der Waals surface area (Å²) in [5.41, 5.74) is 3.72. The van der Waals surface area contributed by atoms with Crippen molar-refractivity contribution in [1.82, 2.24) is 0 Å². The van der Waals surface area contributed by atoms with Crippen molar-refractivity contribution in [3.05, 3.63) is 0 Å². The van der Waals surface area contributed by atoms with Crippen LogP contribution < -0.4 is 5.73 Å². The molecule has 0 aliphatic rings. The standard InChI is InChI=1S/C2H4F3NO/c3-1(7)2(4,5)6/h1,7H,6H2. The Labute approximate surface area is 37.7 Å². The second-order valence-electron chi connectivity index (χ2n) is 1.01. The fraction of sp³-hybridized carbons (Fsp3) is 1.00. The average Bonchev–Trinajstić information content (AvgIpc) is 1.31. The number of hydrogen-bond acceptors (Lipinski definition) is 2. The lowest BCUT2D eigenvalue weighted by atomic mass is 10.6. The third-order valence-electron chi connectivity index (χ3n) is 0.318. The van der Waals surface area contributed by atoms with Crippen molar-refractivity contribution in [1.29, 1.82) is 0 Å². The smallest absolute Gasteiger partial charge is 0.355 e. The zero-order valence-corrected chi connectivity index (χ0v) is 3.24. The summed E-state index contributed by atoms with van der Waals surface area (Å²) in [6.45, 7) is 0. The molecule has 3 N–H and O–H groups in total. The SMILES string of the molecule is NC(F)(F)C(O)F. The van der Waals surface area contributed by atoms with Crippen LogP contribution in [0.1, 0.15) is 0 Å². The van der Waals surface area contributed by atoms with E-state index in [0.29, 0.717) is 0 Å². The van der Waals surface area contributed by atoms with Crippen LogP contribution >= 0.6 is 0 Å². The summed E-state index contributed by atoms with van der Waals surface area (Å²) in [4.78, 5) is 0. The number of aliphatic hydroxyl groups excluding tert-OH is 1. The fourth-order valence-corrected chi connectivity index (χ4v) is 0. The van der Waals surface area contributed by atoms with Gasteiger partial charge in [-0.2, -0.15) is 8.78 Å². The van der Waals surface area contributed by atoms with E-state index in [0.717, 1.165) is 0 Å². The minimum atomic E-state index is -4.11. The molecule has 44 valence electrons. The molecule has 0 aromatic heterocycles. The van der Waals surface area contributed by atoms with Crippen molar-refractivity contribution in [3.63, 3.8) is 0 Å². The zero-order chi connectivity index (χ0) is 6.08. The Morgan fingerprint density at radius 1 is 1.57 bits per heavy atom. The quantitative estimate of drug-likeness (QED) is 0.466. The topological polar surface area (TPSA) is 46.2 Å². The first-order chi connectivity index (χ1) is 2.94. The van der Waals surface area contributed by atoms with Gasteiger partial charge in [0, 0.05) is 0 Å². The third kappa shape index (κ3) is 2.41. The molecule has 0 aliphatic carbocycles. The molecule has 1 unspecified atom stereocenters. The maximum Gasteiger partial charge on any atom is 0.355 e. The molecule has 0 rings (SSSR count). The number of aliphatic hydroxyl groups is 1. The molecule has 0 aliphatic heterocycles. The van der Waals surface area contributed by atoms with Crippen molar-refractivity contribution >= 4 is 0 Å². The predicted octanol–water partition coefficient (Wildman–Crippen LogP) is -0.174. The summed E-state index contributed by atoms with van der Waals surface area (Å²) in [6, 6.07) is -4.11. The molecule has 0 fully saturated rings. The molecule has 2 nitrogen and oxygen atoms in total. The molecule has 0 aromatic rings. The van der Waals surface area contributed by atoms with Gasteiger partial charge in [-0.1, -0.05) is 0 Å². The van der Waals surface area contributed by atoms with Crippen molar-refractivity contribution in [3.8, 4) is 0 Å². The van der Waals surface area contributed by atoms with E-state index < -0.39 is 12.4 Å². The van der Waals surface area contributed by atoms with Crippen LogP contribution in [0.5, 0.6) is 0 Å². The van der Waals surface area contributed by atoms with E-state index in [1.807, 2.05) is 0 Å². The molecule has 0 saturated carbocycles. The van der Waals surface area contributed by atoms with Gasteiger partial charge in [0.05, 0.1) is 0 Å². The summed E-state index contributed by atoms with van der Waals surface area (Å²) < 4.78 is 32.9. The summed E-state index contributed by atoms with van der Waals surface area (Å²) in [5.74, 6) is 0. The van der Waals surface area contributed by atoms with Gasteiger partial charge in [-0.25, -0.2) is 4.39 Å². The lowest BCUT2D eigenvalue weighted by molar-refractivity contribution is -0.163. The van der Waals surface area contributed by atoms with Crippen molar-refractivity contribution in [2.75, 3.05) is 0 Å². The third-order valence-corrected chi connectivity index (χ3v) is 0.318. The first kappa shape index (κ1) is 6.71. The van der Waals surface area contributed by atoms with Crippen molar-refractivity contribution in [2.24, 2.45) is 5.73 Å². The minimum Gasteiger partial charge on any atom is -0.358 e. The monoisotopic (exact) mass is 115 g/mol. The Kier molecular flexibility index (Phi) is 1.60. The summed E-state index contributed by atoms with van der Waals surface area (Å²) in [7, 11) is 0. The molecule has 1 atom stereocenters. The summed E-state index contributed by atoms with van der Waals surface area (Å²) >= 11 is 0. The van der Waals surface area contributed by atoms with E-state index in [9.17, 15) is 13.2 Å². The van der Waals surface area contributed by atoms with E-state index in [-0.39, 0.29) is 0 Å². The molecular weight excluding hydrogens is 111 g/mol. The van der Waals surface area contributed by atoms with Gasteiger partial charge in [-0.3, -0.25) is 5.73 Å². The van der Waals surface area contributed by atoms with Gasteiger partial charge in [-0.15, -0.1) is 0 Å². The van der Waals surface area contributed by atoms with Crippen LogP contribution in [0.4, 0.5) is 13.2 Å². The lowest BCUT2D eigenvalue weighted by Crippen LogP contribution is -2.39. The average molecular weight is 115 g/mol. The first-order valence-corrected chi connectivity index (χ1v) is 1.43. The largest absolute Gasteiger partial charge is 0.358 e. The van der Waals surface area contributed by atoms with Gasteiger partial charge in [-0.05, 0) is 0 Å². The second-order valence-corrected chi connectivity index (χ2v) is 1.01. The van der Waals surface area contributed by atoms with Gasteiger partial charge in [0.2, 0.25) is 0 Å². The Bertz CT molecular complexity index is 58.4. The molecule has 0 saturated heterocycles. The lowest BCUT2D eigenvalue weighted by Gasteiger charge is -2.07. The van der Waals surface area contributed by atoms with Crippen LogP contribution in [0.3, 0.4) is 0 Å². The molecule has 0 bridgehead atoms. The number of rotatable bonds is 1. The Balaban J connectivity index is 3.54. The van der Waals surface area contributed by atoms with Gasteiger partial charge in [0.15, 0.2) is 0 Å². The molecular formula is C2H4F3NO. The molecule has 0 heterocycles. The fourth-order valence-electron chi connectivity index (χ4n) is 0. The molecule has 0 aromatic carbocycles. The van der Waals surface area contributed by atoms with E-state index in [1.54, 1.807) is 0 Å². The van der Waals surface area contributed by atoms with Gasteiger partial charge in [0.1, 0.15) is 0 Å². The maximum absolute atomic E-state index is 11.0. The van der Waals surface area contributed by atoms with Crippen LogP contribution in [-0.4, -0.2) is 17.5 Å². The highest BCUT2D eigenvalue weighted by atomic mass is 19.3. The Morgan fingerprint density at radius 2 is 1.71 bits per heavy atom. The van der Waals surface area contributed by atoms with Gasteiger partial charge < -0.3 is 5.11 Å². The molecule has 0 radical (unpaired) electrons. The van der Waals surface area contributed by atoms with Gasteiger partial charge >= 0.3 is 6.05 Å². The number of nitrogens with two attached hydrogens (primary N) is 1. The highest BCUT2D eigenvalue weighted by molar-refractivity contribution is 4.55. The molecule has 0 spiro atoms. The molecule has 5 heteroatoms. The number of halogens is 3. The normalized spacial score (nSPS) is 16.7. The Hall–Kier alpha value is -0.290. The second kappa shape index (κ2) is 1.67. The van der Waals surface area contributed by atoms with Crippen LogP contribution in [0.25, 0.3) is 0 Å². The minimum absolute atomic E-state index is 3.26. The van der Waals surface area contributed by atoms with Crippen molar-refractivity contribution in [2.45, 2.75) is 12.4 Å². The summed E-state index contributed by atoms with van der Waals surface area (Å²) in [6.07, 6.45) is -3.26. The highest BCUT2D eigenvalue weighted by Gasteiger charge is 2.32. The zero-order valence-electron chi connectivity index (χ0n) is 3.24. The van der Waals surface area contributed by atoms with Gasteiger partial charge in [0.25, 0.3) is 6.36 Å². The molecule has 7 heavy (non-hydrogen) atoms. The van der Waals surface area contributed by atoms with Crippen molar-refractivity contribution < 1.29 is 18.3 Å². The maximum atomic E-state index is 11.0. The van der Waals surface area contributed by atoms with Crippen LogP contribution in [0.15, 0.2) is 0 Å². The first-order valence-electron chi connectivity index (χ1n) is 1.43. The number of hydrogen-bond donors (Lipinski definition) is 2. The van der Waals surface area contributed by atoms with E-state index >= 15 is 0 Å². The number of alkyl halides is 3. The van der Waals surface area contributed by atoms with E-state index in [4.69, 9.17) is 5.11 Å². The highest BCUT2D eigenvalue weighted by Crippen LogP contribution is 2.10.